The van der Waals surface area contributed by atoms with E-state index in [1.54, 1.807) is 11.3 Å². The van der Waals surface area contributed by atoms with E-state index in [0.717, 1.165) is 13.1 Å². The minimum atomic E-state index is 0.669. The molecule has 1 aliphatic rings. The van der Waals surface area contributed by atoms with Crippen molar-refractivity contribution in [3.63, 3.8) is 0 Å². The van der Waals surface area contributed by atoms with E-state index in [1.165, 1.54) is 37.4 Å². The minimum Gasteiger partial charge on any atom is -0.375 e. The summed E-state index contributed by atoms with van der Waals surface area (Å²) in [5.41, 5.74) is 5.61. The van der Waals surface area contributed by atoms with Crippen molar-refractivity contribution in [3.8, 4) is 0 Å². The van der Waals surface area contributed by atoms with E-state index < -0.39 is 0 Å². The molecule has 0 atom stereocenters. The Morgan fingerprint density at radius 3 is 2.88 bits per heavy atom. The Bertz CT molecular complexity index is 320. The molecule has 0 amide bonds. The number of nitrogen functional groups attached to an aromatic ring is 1. The highest BCUT2D eigenvalue weighted by Crippen LogP contribution is 2.16. The molecule has 1 fully saturated rings. The number of hydrogen-bond donors (Lipinski definition) is 1. The monoisotopic (exact) mass is 240 g/mol. The zero-order chi connectivity index (χ0) is 11.4. The van der Waals surface area contributed by atoms with Crippen LogP contribution in [0.5, 0.6) is 0 Å². The summed E-state index contributed by atoms with van der Waals surface area (Å²) in [6.45, 7) is 5.83. The fourth-order valence-corrected chi connectivity index (χ4v) is 2.82. The fourth-order valence-electron chi connectivity index (χ4n) is 2.06. The molecule has 0 aliphatic carbocycles. The summed E-state index contributed by atoms with van der Waals surface area (Å²) < 4.78 is 0. The lowest BCUT2D eigenvalue weighted by Gasteiger charge is -2.20. The Kier molecular flexibility index (Phi) is 4.15. The number of hydrogen-bond acceptors (Lipinski definition) is 5. The van der Waals surface area contributed by atoms with Crippen LogP contribution < -0.4 is 5.73 Å². The van der Waals surface area contributed by atoms with Crippen molar-refractivity contribution in [3.05, 3.63) is 11.1 Å². The van der Waals surface area contributed by atoms with Crippen LogP contribution in [-0.2, 0) is 6.54 Å². The second-order valence-corrected chi connectivity index (χ2v) is 5.60. The Morgan fingerprint density at radius 2 is 2.25 bits per heavy atom. The quantitative estimate of drug-likeness (QED) is 0.841. The normalized spacial score (nSPS) is 17.4. The lowest BCUT2D eigenvalue weighted by molar-refractivity contribution is 0.253. The summed E-state index contributed by atoms with van der Waals surface area (Å²) in [6.07, 6.45) is 4.62. The first-order valence-electron chi connectivity index (χ1n) is 5.85. The number of nitrogens with zero attached hydrogens (tertiary/aromatic N) is 3. The van der Waals surface area contributed by atoms with Gasteiger partial charge in [0.15, 0.2) is 5.13 Å². The number of aromatic nitrogens is 1. The van der Waals surface area contributed by atoms with E-state index in [-0.39, 0.29) is 0 Å². The van der Waals surface area contributed by atoms with Crippen LogP contribution in [0.4, 0.5) is 5.13 Å². The molecular weight excluding hydrogens is 220 g/mol. The van der Waals surface area contributed by atoms with E-state index in [4.69, 9.17) is 5.73 Å². The smallest absolute Gasteiger partial charge is 0.180 e. The van der Waals surface area contributed by atoms with Crippen LogP contribution >= 0.6 is 11.3 Å². The summed E-state index contributed by atoms with van der Waals surface area (Å²) in [7, 11) is 2.16. The Labute approximate surface area is 101 Å². The fraction of sp³-hybridized carbons (Fsp3) is 0.727. The van der Waals surface area contributed by atoms with E-state index >= 15 is 0 Å². The van der Waals surface area contributed by atoms with Gasteiger partial charge >= 0.3 is 0 Å². The van der Waals surface area contributed by atoms with Gasteiger partial charge in [0, 0.05) is 30.7 Å². The highest BCUT2D eigenvalue weighted by Gasteiger charge is 2.12. The summed E-state index contributed by atoms with van der Waals surface area (Å²) in [5, 5.41) is 0.669. The molecule has 0 spiro atoms. The minimum absolute atomic E-state index is 0.669. The van der Waals surface area contributed by atoms with Crippen LogP contribution in [0.15, 0.2) is 6.20 Å². The van der Waals surface area contributed by atoms with E-state index in [0.29, 0.717) is 5.13 Å². The van der Waals surface area contributed by atoms with Crippen molar-refractivity contribution < 1.29 is 0 Å². The van der Waals surface area contributed by atoms with Crippen LogP contribution in [-0.4, -0.2) is 48.0 Å². The molecule has 0 saturated carbocycles. The van der Waals surface area contributed by atoms with Crippen molar-refractivity contribution in [1.82, 2.24) is 14.8 Å². The molecule has 2 heterocycles. The number of likely N-dealkylation sites (tertiary alicyclic amines) is 1. The molecule has 0 unspecified atom stereocenters. The van der Waals surface area contributed by atoms with Crippen molar-refractivity contribution >= 4 is 16.5 Å². The van der Waals surface area contributed by atoms with Gasteiger partial charge in [0.25, 0.3) is 0 Å². The first-order valence-corrected chi connectivity index (χ1v) is 6.67. The zero-order valence-electron chi connectivity index (χ0n) is 9.85. The van der Waals surface area contributed by atoms with Crippen molar-refractivity contribution in [1.29, 1.82) is 0 Å². The van der Waals surface area contributed by atoms with Crippen LogP contribution in [0.2, 0.25) is 0 Å². The molecule has 5 heteroatoms. The zero-order valence-corrected chi connectivity index (χ0v) is 10.7. The van der Waals surface area contributed by atoms with Crippen LogP contribution in [0.25, 0.3) is 0 Å². The first kappa shape index (κ1) is 11.8. The lowest BCUT2D eigenvalue weighted by Crippen LogP contribution is -2.30. The average Bonchev–Trinajstić information content (AvgIpc) is 2.87. The van der Waals surface area contributed by atoms with Gasteiger partial charge in [-0.25, -0.2) is 4.98 Å². The highest BCUT2D eigenvalue weighted by atomic mass is 32.1. The summed E-state index contributed by atoms with van der Waals surface area (Å²) in [6, 6.07) is 0. The number of rotatable bonds is 5. The molecule has 2 rings (SSSR count). The van der Waals surface area contributed by atoms with Gasteiger partial charge in [0.1, 0.15) is 0 Å². The Hall–Kier alpha value is -0.650. The predicted molar refractivity (Wildman–Crippen MR) is 68.5 cm³/mol. The van der Waals surface area contributed by atoms with Crippen molar-refractivity contribution in [2.24, 2.45) is 0 Å². The molecule has 2 N–H and O–H groups in total. The summed E-state index contributed by atoms with van der Waals surface area (Å²) in [4.78, 5) is 10.2. The topological polar surface area (TPSA) is 45.4 Å². The van der Waals surface area contributed by atoms with Gasteiger partial charge in [-0.3, -0.25) is 4.90 Å². The maximum atomic E-state index is 5.61. The van der Waals surface area contributed by atoms with Gasteiger partial charge in [-0.1, -0.05) is 0 Å². The third-order valence-electron chi connectivity index (χ3n) is 2.99. The summed E-state index contributed by atoms with van der Waals surface area (Å²) in [5.74, 6) is 0. The number of nitrogens with two attached hydrogens (primary N) is 1. The molecule has 90 valence electrons. The van der Waals surface area contributed by atoms with E-state index in [1.807, 2.05) is 6.20 Å². The Morgan fingerprint density at radius 1 is 1.50 bits per heavy atom. The highest BCUT2D eigenvalue weighted by molar-refractivity contribution is 7.15. The molecule has 1 aliphatic heterocycles. The maximum absolute atomic E-state index is 5.61. The van der Waals surface area contributed by atoms with Gasteiger partial charge < -0.3 is 10.6 Å². The second-order valence-electron chi connectivity index (χ2n) is 4.45. The maximum Gasteiger partial charge on any atom is 0.180 e. The third kappa shape index (κ3) is 3.43. The number of likely N-dealkylation sites (N-methyl/N-ethyl adjacent to an activating group) is 1. The third-order valence-corrected chi connectivity index (χ3v) is 3.81. The second kappa shape index (κ2) is 5.61. The van der Waals surface area contributed by atoms with Gasteiger partial charge in [-0.15, -0.1) is 11.3 Å². The SMILES string of the molecule is CN(CCN1CCCC1)Cc1cnc(N)s1. The molecular formula is C11H20N4S. The summed E-state index contributed by atoms with van der Waals surface area (Å²) >= 11 is 1.59. The molecule has 16 heavy (non-hydrogen) atoms. The molecule has 0 aromatic carbocycles. The van der Waals surface area contributed by atoms with Crippen molar-refractivity contribution in [2.75, 3.05) is 39.0 Å². The lowest BCUT2D eigenvalue weighted by atomic mass is 10.4. The molecule has 1 saturated heterocycles. The van der Waals surface area contributed by atoms with Crippen LogP contribution in [0, 0.1) is 0 Å². The molecule has 1 aromatic heterocycles. The first-order chi connectivity index (χ1) is 7.74. The number of anilines is 1. The molecule has 0 radical (unpaired) electrons. The van der Waals surface area contributed by atoms with Crippen LogP contribution in [0.1, 0.15) is 17.7 Å². The molecule has 0 bridgehead atoms. The molecule has 4 nitrogen and oxygen atoms in total. The van der Waals surface area contributed by atoms with E-state index in [9.17, 15) is 0 Å². The predicted octanol–water partition coefficient (Wildman–Crippen LogP) is 1.25. The standard InChI is InChI=1S/C11H20N4S/c1-14(6-7-15-4-2-3-5-15)9-10-8-13-11(12)16-10/h8H,2-7,9H2,1H3,(H2,12,13). The largest absolute Gasteiger partial charge is 0.375 e. The Balaban J connectivity index is 1.69. The van der Waals surface area contributed by atoms with Gasteiger partial charge in [-0.05, 0) is 33.0 Å². The number of thiazole rings is 1. The van der Waals surface area contributed by atoms with Crippen molar-refractivity contribution in [2.45, 2.75) is 19.4 Å². The molecule has 1 aromatic rings. The van der Waals surface area contributed by atoms with Gasteiger partial charge in [0.05, 0.1) is 0 Å². The van der Waals surface area contributed by atoms with Gasteiger partial charge in [-0.2, -0.15) is 0 Å². The van der Waals surface area contributed by atoms with E-state index in [2.05, 4.69) is 21.8 Å². The van der Waals surface area contributed by atoms with Crippen LogP contribution in [0.3, 0.4) is 0 Å². The van der Waals surface area contributed by atoms with Gasteiger partial charge in [0.2, 0.25) is 0 Å². The average molecular weight is 240 g/mol.